The van der Waals surface area contributed by atoms with E-state index in [1.54, 1.807) is 42.5 Å². The lowest BCUT2D eigenvalue weighted by molar-refractivity contribution is -0.384. The summed E-state index contributed by atoms with van der Waals surface area (Å²) >= 11 is 0. The van der Waals surface area contributed by atoms with Crippen molar-refractivity contribution < 1.29 is 23.6 Å². The normalized spacial score (nSPS) is 14.3. The minimum absolute atomic E-state index is 0.0699. The molecule has 3 aromatic carbocycles. The van der Waals surface area contributed by atoms with Crippen molar-refractivity contribution in [1.82, 2.24) is 0 Å². The van der Waals surface area contributed by atoms with Gasteiger partial charge in [-0.05, 0) is 53.6 Å². The molecule has 7 nitrogen and oxygen atoms in total. The number of nitro groups is 1. The van der Waals surface area contributed by atoms with Crippen LogP contribution in [0.4, 0.5) is 10.1 Å². The minimum atomic E-state index is -0.626. The number of cyclic esters (lactones) is 1. The number of hydrogen-bond acceptors (Lipinski definition) is 6. The third-order valence-corrected chi connectivity index (χ3v) is 4.40. The fourth-order valence-electron chi connectivity index (χ4n) is 2.90. The molecule has 154 valence electrons. The molecule has 3 aromatic rings. The predicted molar refractivity (Wildman–Crippen MR) is 111 cm³/mol. The number of aliphatic imine (C=N–C) groups is 1. The maximum Gasteiger partial charge on any atom is 0.363 e. The Labute approximate surface area is 176 Å². The van der Waals surface area contributed by atoms with Crippen LogP contribution in [0.15, 0.2) is 83.5 Å². The number of nitrogens with zero attached hydrogens (tertiary/aromatic N) is 2. The number of nitro benzene ring substituents is 1. The van der Waals surface area contributed by atoms with E-state index in [0.29, 0.717) is 22.4 Å². The number of carbonyl (C=O) groups excluding carboxylic acids is 1. The average Bonchev–Trinajstić information content (AvgIpc) is 3.13. The Hall–Kier alpha value is -4.33. The van der Waals surface area contributed by atoms with Gasteiger partial charge in [0.15, 0.2) is 5.70 Å². The number of halogens is 1. The second kappa shape index (κ2) is 8.58. The van der Waals surface area contributed by atoms with Crippen LogP contribution in [0.1, 0.15) is 16.7 Å². The van der Waals surface area contributed by atoms with Gasteiger partial charge < -0.3 is 9.47 Å². The maximum atomic E-state index is 13.3. The summed E-state index contributed by atoms with van der Waals surface area (Å²) in [6, 6.07) is 18.7. The zero-order chi connectivity index (χ0) is 21.8. The molecule has 0 spiro atoms. The zero-order valence-corrected chi connectivity index (χ0v) is 16.0. The highest BCUT2D eigenvalue weighted by Gasteiger charge is 2.24. The first-order valence-electron chi connectivity index (χ1n) is 9.23. The monoisotopic (exact) mass is 418 g/mol. The van der Waals surface area contributed by atoms with E-state index in [-0.39, 0.29) is 29.7 Å². The number of non-ortho nitro benzene ring substituents is 1. The molecule has 8 heteroatoms. The molecule has 0 N–H and O–H groups in total. The van der Waals surface area contributed by atoms with Gasteiger partial charge in [0.2, 0.25) is 5.90 Å². The van der Waals surface area contributed by atoms with Gasteiger partial charge in [-0.2, -0.15) is 0 Å². The van der Waals surface area contributed by atoms with E-state index in [2.05, 4.69) is 4.99 Å². The van der Waals surface area contributed by atoms with Crippen LogP contribution in [0.5, 0.6) is 5.75 Å². The summed E-state index contributed by atoms with van der Waals surface area (Å²) in [6.07, 6.45) is 1.55. The third kappa shape index (κ3) is 4.81. The number of hydrogen-bond donors (Lipinski definition) is 0. The fourth-order valence-corrected chi connectivity index (χ4v) is 2.90. The Morgan fingerprint density at radius 2 is 1.84 bits per heavy atom. The van der Waals surface area contributed by atoms with Crippen molar-refractivity contribution in [2.24, 2.45) is 4.99 Å². The molecule has 4 rings (SSSR count). The number of esters is 1. The molecule has 0 saturated carbocycles. The molecule has 0 bridgehead atoms. The van der Waals surface area contributed by atoms with Crippen LogP contribution in [0.25, 0.3) is 6.08 Å². The Balaban J connectivity index is 1.50. The molecule has 0 aliphatic carbocycles. The summed E-state index contributed by atoms with van der Waals surface area (Å²) in [6.45, 7) is 0.197. The summed E-state index contributed by atoms with van der Waals surface area (Å²) in [5.74, 6) is -0.338. The van der Waals surface area contributed by atoms with Crippen molar-refractivity contribution in [2.75, 3.05) is 0 Å². The first-order chi connectivity index (χ1) is 15.0. The molecular weight excluding hydrogens is 403 g/mol. The van der Waals surface area contributed by atoms with Crippen LogP contribution >= 0.6 is 0 Å². The van der Waals surface area contributed by atoms with Crippen molar-refractivity contribution in [2.45, 2.75) is 6.61 Å². The largest absolute Gasteiger partial charge is 0.489 e. The molecular formula is C23H15FN2O5. The van der Waals surface area contributed by atoms with E-state index >= 15 is 0 Å². The molecule has 0 aromatic heterocycles. The molecule has 0 fully saturated rings. The fraction of sp³-hybridized carbons (Fsp3) is 0.0435. The second-order valence-corrected chi connectivity index (χ2v) is 6.63. The van der Waals surface area contributed by atoms with Gasteiger partial charge in [-0.1, -0.05) is 24.3 Å². The Bertz CT molecular complexity index is 1220. The smallest absolute Gasteiger partial charge is 0.363 e. The third-order valence-electron chi connectivity index (χ3n) is 4.40. The molecule has 0 unspecified atom stereocenters. The Kier molecular flexibility index (Phi) is 5.53. The lowest BCUT2D eigenvalue weighted by atomic mass is 10.2. The summed E-state index contributed by atoms with van der Waals surface area (Å²) in [5.41, 5.74) is 1.84. The first kappa shape index (κ1) is 20.0. The summed E-state index contributed by atoms with van der Waals surface area (Å²) in [7, 11) is 0. The van der Waals surface area contributed by atoms with Crippen LogP contribution in [0.2, 0.25) is 0 Å². The van der Waals surface area contributed by atoms with E-state index in [4.69, 9.17) is 9.47 Å². The lowest BCUT2D eigenvalue weighted by Crippen LogP contribution is -2.05. The Morgan fingerprint density at radius 3 is 2.58 bits per heavy atom. The topological polar surface area (TPSA) is 91.0 Å². The number of carbonyl (C=O) groups is 1. The van der Waals surface area contributed by atoms with Gasteiger partial charge >= 0.3 is 5.97 Å². The van der Waals surface area contributed by atoms with E-state index in [9.17, 15) is 19.3 Å². The second-order valence-electron chi connectivity index (χ2n) is 6.63. The van der Waals surface area contributed by atoms with Gasteiger partial charge in [0, 0.05) is 17.7 Å². The van der Waals surface area contributed by atoms with Gasteiger partial charge in [-0.15, -0.1) is 0 Å². The standard InChI is InChI=1S/C23H15FN2O5/c24-18-5-1-4-16(11-18)14-30-20-6-2-3-15(12-20)13-21-23(27)31-22(25-21)17-7-9-19(10-8-17)26(28)29/h1-13H,14H2/b21-13-. The van der Waals surface area contributed by atoms with Crippen molar-refractivity contribution in [1.29, 1.82) is 0 Å². The molecule has 0 atom stereocenters. The summed E-state index contributed by atoms with van der Waals surface area (Å²) in [5, 5.41) is 10.8. The van der Waals surface area contributed by atoms with Gasteiger partial charge in [0.1, 0.15) is 18.2 Å². The van der Waals surface area contributed by atoms with Crippen molar-refractivity contribution >= 4 is 23.6 Å². The maximum absolute atomic E-state index is 13.3. The van der Waals surface area contributed by atoms with Crippen LogP contribution < -0.4 is 4.74 Å². The van der Waals surface area contributed by atoms with Crippen LogP contribution in [-0.4, -0.2) is 16.8 Å². The average molecular weight is 418 g/mol. The molecule has 1 heterocycles. The molecule has 1 aliphatic heterocycles. The van der Waals surface area contributed by atoms with Gasteiger partial charge in [-0.3, -0.25) is 10.1 Å². The van der Waals surface area contributed by atoms with E-state index in [1.807, 2.05) is 0 Å². The molecule has 1 aliphatic rings. The van der Waals surface area contributed by atoms with E-state index in [1.165, 1.54) is 36.4 Å². The SMILES string of the molecule is O=C1OC(c2ccc([N+](=O)[O-])cc2)=N/C1=C\c1cccc(OCc2cccc(F)c2)c1. The zero-order valence-electron chi connectivity index (χ0n) is 16.0. The summed E-state index contributed by atoms with van der Waals surface area (Å²) in [4.78, 5) is 26.6. The number of benzene rings is 3. The van der Waals surface area contributed by atoms with Crippen LogP contribution in [0, 0.1) is 15.9 Å². The predicted octanol–water partition coefficient (Wildman–Crippen LogP) is 4.66. The molecule has 0 amide bonds. The van der Waals surface area contributed by atoms with Gasteiger partial charge in [0.25, 0.3) is 5.69 Å². The van der Waals surface area contributed by atoms with Gasteiger partial charge in [-0.25, -0.2) is 14.2 Å². The van der Waals surface area contributed by atoms with Crippen molar-refractivity contribution in [3.05, 3.63) is 111 Å². The lowest BCUT2D eigenvalue weighted by Gasteiger charge is -2.07. The summed E-state index contributed by atoms with van der Waals surface area (Å²) < 4.78 is 24.2. The number of ether oxygens (including phenoxy) is 2. The van der Waals surface area contributed by atoms with Crippen molar-refractivity contribution in [3.8, 4) is 5.75 Å². The highest BCUT2D eigenvalue weighted by Crippen LogP contribution is 2.23. The highest BCUT2D eigenvalue weighted by molar-refractivity contribution is 6.12. The quantitative estimate of drug-likeness (QED) is 0.251. The first-order valence-corrected chi connectivity index (χ1v) is 9.23. The van der Waals surface area contributed by atoms with Crippen molar-refractivity contribution in [3.63, 3.8) is 0 Å². The van der Waals surface area contributed by atoms with Gasteiger partial charge in [0.05, 0.1) is 4.92 Å². The highest BCUT2D eigenvalue weighted by atomic mass is 19.1. The molecule has 0 saturated heterocycles. The molecule has 0 radical (unpaired) electrons. The Morgan fingerprint density at radius 1 is 1.06 bits per heavy atom. The van der Waals surface area contributed by atoms with Crippen LogP contribution in [-0.2, 0) is 16.1 Å². The van der Waals surface area contributed by atoms with E-state index < -0.39 is 10.9 Å². The van der Waals surface area contributed by atoms with E-state index in [0.717, 1.165) is 0 Å². The molecule has 31 heavy (non-hydrogen) atoms. The number of rotatable bonds is 6. The minimum Gasteiger partial charge on any atom is -0.489 e. The van der Waals surface area contributed by atoms with Crippen LogP contribution in [0.3, 0.4) is 0 Å².